The van der Waals surface area contributed by atoms with Gasteiger partial charge in [-0.3, -0.25) is 4.90 Å². The maximum atomic E-state index is 6.18. The molecule has 1 aromatic rings. The van der Waals surface area contributed by atoms with Crippen molar-refractivity contribution >= 4 is 5.69 Å². The zero-order valence-corrected chi connectivity index (χ0v) is 13.9. The van der Waals surface area contributed by atoms with Crippen LogP contribution < -0.4 is 9.64 Å². The van der Waals surface area contributed by atoms with E-state index in [9.17, 15) is 0 Å². The molecule has 4 heteroatoms. The van der Waals surface area contributed by atoms with E-state index in [0.717, 1.165) is 51.5 Å². The molecule has 0 spiro atoms. The molecule has 1 fully saturated rings. The van der Waals surface area contributed by atoms with E-state index in [1.54, 1.807) is 0 Å². The van der Waals surface area contributed by atoms with E-state index in [2.05, 4.69) is 41.8 Å². The van der Waals surface area contributed by atoms with Gasteiger partial charge in [0.1, 0.15) is 18.5 Å². The fraction of sp³-hybridized carbons (Fsp3) is 0.667. The minimum absolute atomic E-state index is 0.184. The van der Waals surface area contributed by atoms with Gasteiger partial charge in [0.15, 0.2) is 0 Å². The van der Waals surface area contributed by atoms with E-state index in [1.807, 2.05) is 0 Å². The molecule has 0 bridgehead atoms. The summed E-state index contributed by atoms with van der Waals surface area (Å²) in [6.45, 7) is 11.2. The van der Waals surface area contributed by atoms with E-state index < -0.39 is 0 Å². The van der Waals surface area contributed by atoms with Crippen LogP contribution in [0.3, 0.4) is 0 Å². The Morgan fingerprint density at radius 2 is 2.14 bits per heavy atom. The van der Waals surface area contributed by atoms with Gasteiger partial charge in [0.2, 0.25) is 0 Å². The molecule has 1 aromatic carbocycles. The second-order valence-electron chi connectivity index (χ2n) is 6.14. The molecule has 0 aliphatic carbocycles. The van der Waals surface area contributed by atoms with Crippen molar-refractivity contribution in [3.63, 3.8) is 0 Å². The Kier molecular flexibility index (Phi) is 5.21. The van der Waals surface area contributed by atoms with Crippen molar-refractivity contribution in [1.29, 1.82) is 0 Å². The molecule has 2 aliphatic heterocycles. The van der Waals surface area contributed by atoms with Gasteiger partial charge in [0, 0.05) is 26.2 Å². The molecule has 0 amide bonds. The predicted molar refractivity (Wildman–Crippen MR) is 90.0 cm³/mol. The number of aryl methyl sites for hydroxylation is 1. The molecule has 0 saturated carbocycles. The Bertz CT molecular complexity index is 492. The van der Waals surface area contributed by atoms with Gasteiger partial charge >= 0.3 is 0 Å². The van der Waals surface area contributed by atoms with Crippen LogP contribution in [0.15, 0.2) is 18.2 Å². The number of morpholine rings is 1. The predicted octanol–water partition coefficient (Wildman–Crippen LogP) is 2.56. The highest BCUT2D eigenvalue weighted by Gasteiger charge is 2.23. The Morgan fingerprint density at radius 3 is 2.95 bits per heavy atom. The lowest BCUT2D eigenvalue weighted by molar-refractivity contribution is -0.0463. The van der Waals surface area contributed by atoms with Crippen molar-refractivity contribution in [2.24, 2.45) is 0 Å². The van der Waals surface area contributed by atoms with Crippen molar-refractivity contribution in [3.05, 3.63) is 23.8 Å². The topological polar surface area (TPSA) is 24.9 Å². The van der Waals surface area contributed by atoms with Crippen LogP contribution in [0.1, 0.15) is 25.8 Å². The largest absolute Gasteiger partial charge is 0.489 e. The third-order valence-corrected chi connectivity index (χ3v) is 4.75. The smallest absolute Gasteiger partial charge is 0.143 e. The molecule has 22 heavy (non-hydrogen) atoms. The molecule has 1 saturated heterocycles. The van der Waals surface area contributed by atoms with Gasteiger partial charge in [0.25, 0.3) is 0 Å². The van der Waals surface area contributed by atoms with Crippen molar-refractivity contribution in [1.82, 2.24) is 4.90 Å². The van der Waals surface area contributed by atoms with Crippen LogP contribution in [-0.2, 0) is 11.2 Å². The fourth-order valence-electron chi connectivity index (χ4n) is 3.48. The van der Waals surface area contributed by atoms with Gasteiger partial charge in [-0.05, 0) is 37.9 Å². The SMILES string of the molecule is CCN1CCO[C@H](COc2cccc3c2N(CC)CCC3)C1. The third-order valence-electron chi connectivity index (χ3n) is 4.75. The normalized spacial score (nSPS) is 22.5. The lowest BCUT2D eigenvalue weighted by Gasteiger charge is -2.34. The van der Waals surface area contributed by atoms with E-state index in [1.165, 1.54) is 17.7 Å². The monoisotopic (exact) mass is 304 g/mol. The zero-order chi connectivity index (χ0) is 15.4. The first-order valence-electron chi connectivity index (χ1n) is 8.65. The number of nitrogens with zero attached hydrogens (tertiary/aromatic N) is 2. The molecule has 2 heterocycles. The Morgan fingerprint density at radius 1 is 1.23 bits per heavy atom. The Hall–Kier alpha value is -1.26. The van der Waals surface area contributed by atoms with E-state index in [-0.39, 0.29) is 6.10 Å². The highest BCUT2D eigenvalue weighted by Crippen LogP contribution is 2.36. The maximum Gasteiger partial charge on any atom is 0.143 e. The van der Waals surface area contributed by atoms with Crippen molar-refractivity contribution in [2.45, 2.75) is 32.8 Å². The third kappa shape index (κ3) is 3.39. The first kappa shape index (κ1) is 15.6. The van der Waals surface area contributed by atoms with E-state index in [0.29, 0.717) is 6.61 Å². The van der Waals surface area contributed by atoms with Crippen molar-refractivity contribution < 1.29 is 9.47 Å². The number of fused-ring (bicyclic) bond motifs is 1. The second-order valence-corrected chi connectivity index (χ2v) is 6.14. The average Bonchev–Trinajstić information content (AvgIpc) is 2.59. The molecule has 122 valence electrons. The summed E-state index contributed by atoms with van der Waals surface area (Å²) in [6, 6.07) is 6.46. The minimum Gasteiger partial charge on any atom is -0.489 e. The summed E-state index contributed by atoms with van der Waals surface area (Å²) in [7, 11) is 0. The second kappa shape index (κ2) is 7.34. The summed E-state index contributed by atoms with van der Waals surface area (Å²) in [5.74, 6) is 1.02. The molecular formula is C18H28N2O2. The fourth-order valence-corrected chi connectivity index (χ4v) is 3.48. The molecular weight excluding hydrogens is 276 g/mol. The minimum atomic E-state index is 0.184. The van der Waals surface area contributed by atoms with E-state index in [4.69, 9.17) is 9.47 Å². The van der Waals surface area contributed by atoms with Gasteiger partial charge in [-0.2, -0.15) is 0 Å². The standard InChI is InChI=1S/C18H28N2O2/c1-3-19-11-12-21-16(13-19)14-22-17-9-5-7-15-8-6-10-20(4-2)18(15)17/h5,7,9,16H,3-4,6,8,10-14H2,1-2H3/t16-/m0/s1. The van der Waals surface area contributed by atoms with Gasteiger partial charge in [0.05, 0.1) is 12.3 Å². The van der Waals surface area contributed by atoms with Crippen LogP contribution in [0.5, 0.6) is 5.75 Å². The number of likely N-dealkylation sites (N-methyl/N-ethyl adjacent to an activating group) is 1. The zero-order valence-electron chi connectivity index (χ0n) is 13.9. The van der Waals surface area contributed by atoms with Crippen molar-refractivity contribution in [2.75, 3.05) is 50.8 Å². The highest BCUT2D eigenvalue weighted by molar-refractivity contribution is 5.65. The van der Waals surface area contributed by atoms with Crippen LogP contribution in [-0.4, -0.2) is 56.9 Å². The summed E-state index contributed by atoms with van der Waals surface area (Å²) in [5.41, 5.74) is 2.73. The summed E-state index contributed by atoms with van der Waals surface area (Å²) < 4.78 is 12.0. The maximum absolute atomic E-state index is 6.18. The van der Waals surface area contributed by atoms with Crippen LogP contribution >= 0.6 is 0 Å². The lowest BCUT2D eigenvalue weighted by Crippen LogP contribution is -2.44. The van der Waals surface area contributed by atoms with Crippen LogP contribution in [0.4, 0.5) is 5.69 Å². The number of benzene rings is 1. The number of hydrogen-bond acceptors (Lipinski definition) is 4. The quantitative estimate of drug-likeness (QED) is 0.835. The Labute approximate surface area is 134 Å². The first-order valence-corrected chi connectivity index (χ1v) is 8.65. The van der Waals surface area contributed by atoms with Gasteiger partial charge in [-0.25, -0.2) is 0 Å². The number of anilines is 1. The molecule has 0 radical (unpaired) electrons. The molecule has 0 N–H and O–H groups in total. The van der Waals surface area contributed by atoms with E-state index >= 15 is 0 Å². The summed E-state index contributed by atoms with van der Waals surface area (Å²) in [4.78, 5) is 4.87. The molecule has 0 unspecified atom stereocenters. The summed E-state index contributed by atoms with van der Waals surface area (Å²) in [6.07, 6.45) is 2.58. The van der Waals surface area contributed by atoms with Crippen LogP contribution in [0.2, 0.25) is 0 Å². The summed E-state index contributed by atoms with van der Waals surface area (Å²) >= 11 is 0. The number of hydrogen-bond donors (Lipinski definition) is 0. The molecule has 3 rings (SSSR count). The lowest BCUT2D eigenvalue weighted by atomic mass is 10.0. The van der Waals surface area contributed by atoms with Crippen LogP contribution in [0.25, 0.3) is 0 Å². The highest BCUT2D eigenvalue weighted by atomic mass is 16.5. The number of ether oxygens (including phenoxy) is 2. The van der Waals surface area contributed by atoms with Gasteiger partial charge in [-0.1, -0.05) is 19.1 Å². The van der Waals surface area contributed by atoms with Gasteiger partial charge < -0.3 is 14.4 Å². The molecule has 4 nitrogen and oxygen atoms in total. The van der Waals surface area contributed by atoms with Gasteiger partial charge in [-0.15, -0.1) is 0 Å². The Balaban J connectivity index is 1.68. The average molecular weight is 304 g/mol. The molecule has 2 aliphatic rings. The first-order chi connectivity index (χ1) is 10.8. The van der Waals surface area contributed by atoms with Crippen molar-refractivity contribution in [3.8, 4) is 5.75 Å². The van der Waals surface area contributed by atoms with Crippen LogP contribution in [0, 0.1) is 0 Å². The number of para-hydroxylation sites is 1. The number of rotatable bonds is 5. The summed E-state index contributed by atoms with van der Waals surface area (Å²) in [5, 5.41) is 0. The molecule has 1 atom stereocenters. The molecule has 0 aromatic heterocycles.